The Labute approximate surface area is 79.6 Å². The number of ketones is 1. The number of esters is 1. The molecule has 1 fully saturated rings. The van der Waals surface area contributed by atoms with Crippen molar-refractivity contribution in [3.63, 3.8) is 0 Å². The van der Waals surface area contributed by atoms with Crippen molar-refractivity contribution in [2.24, 2.45) is 0 Å². The molecule has 68 valence electrons. The van der Waals surface area contributed by atoms with Crippen LogP contribution >= 0.6 is 15.9 Å². The Morgan fingerprint density at radius 3 is 2.17 bits per heavy atom. The van der Waals surface area contributed by atoms with E-state index in [0.29, 0.717) is 0 Å². The Bertz CT molecular complexity index is 220. The fraction of sp³-hybridized carbons (Fsp3) is 0.750. The molecule has 0 aromatic rings. The first-order chi connectivity index (χ1) is 5.48. The Hall–Kier alpha value is -0.380. The number of ether oxygens (including phenoxy) is 1. The van der Waals surface area contributed by atoms with Gasteiger partial charge in [0.05, 0.1) is 0 Å². The summed E-state index contributed by atoms with van der Waals surface area (Å²) in [7, 11) is 0. The van der Waals surface area contributed by atoms with Gasteiger partial charge in [-0.05, 0) is 19.8 Å². The van der Waals surface area contributed by atoms with Crippen LogP contribution in [0.25, 0.3) is 0 Å². The summed E-state index contributed by atoms with van der Waals surface area (Å²) in [6.07, 6.45) is 1.56. The predicted molar refractivity (Wildman–Crippen MR) is 47.1 cm³/mol. The molecule has 1 aliphatic carbocycles. The van der Waals surface area contributed by atoms with Gasteiger partial charge in [-0.1, -0.05) is 15.9 Å². The van der Waals surface area contributed by atoms with Crippen molar-refractivity contribution in [2.75, 3.05) is 0 Å². The monoisotopic (exact) mass is 234 g/mol. The second kappa shape index (κ2) is 3.17. The third-order valence-electron chi connectivity index (χ3n) is 1.91. The van der Waals surface area contributed by atoms with Crippen molar-refractivity contribution in [3.8, 4) is 0 Å². The largest absolute Gasteiger partial charge is 0.458 e. The zero-order valence-electron chi connectivity index (χ0n) is 7.09. The zero-order chi connectivity index (χ0) is 9.35. The first-order valence-corrected chi connectivity index (χ1v) is 4.73. The minimum absolute atomic E-state index is 0.00810. The van der Waals surface area contributed by atoms with E-state index in [1.54, 1.807) is 0 Å². The van der Waals surface area contributed by atoms with Crippen LogP contribution in [0.4, 0.5) is 0 Å². The van der Waals surface area contributed by atoms with Gasteiger partial charge in [0.25, 0.3) is 0 Å². The summed E-state index contributed by atoms with van der Waals surface area (Å²) in [5.41, 5.74) is -0.530. The van der Waals surface area contributed by atoms with Crippen LogP contribution < -0.4 is 0 Å². The molecule has 0 aromatic carbocycles. The van der Waals surface area contributed by atoms with E-state index < -0.39 is 5.60 Å². The third kappa shape index (κ3) is 1.86. The van der Waals surface area contributed by atoms with Gasteiger partial charge in [-0.15, -0.1) is 0 Å². The smallest absolute Gasteiger partial charge is 0.303 e. The average Bonchev–Trinajstić information content (AvgIpc) is 2.66. The van der Waals surface area contributed by atoms with Gasteiger partial charge in [0, 0.05) is 6.92 Å². The third-order valence-corrected chi connectivity index (χ3v) is 3.39. The molecule has 0 aromatic heterocycles. The van der Waals surface area contributed by atoms with Crippen molar-refractivity contribution >= 4 is 27.7 Å². The zero-order valence-corrected chi connectivity index (χ0v) is 8.68. The SMILES string of the molecule is CC(=O)OC1(C(Br)C(C)=O)CC1. The highest BCUT2D eigenvalue weighted by molar-refractivity contribution is 9.10. The second-order valence-electron chi connectivity index (χ2n) is 3.13. The van der Waals surface area contributed by atoms with E-state index in [0.717, 1.165) is 12.8 Å². The van der Waals surface area contributed by atoms with Crippen LogP contribution in [0.1, 0.15) is 26.7 Å². The standard InChI is InChI=1S/C8H11BrO3/c1-5(10)7(9)8(3-4-8)12-6(2)11/h7H,3-4H2,1-2H3. The maximum absolute atomic E-state index is 11.0. The molecule has 0 amide bonds. The summed E-state index contributed by atoms with van der Waals surface area (Å²) >= 11 is 3.23. The maximum atomic E-state index is 11.0. The van der Waals surface area contributed by atoms with Gasteiger partial charge in [-0.25, -0.2) is 0 Å². The van der Waals surface area contributed by atoms with Crippen LogP contribution in [0.2, 0.25) is 0 Å². The van der Waals surface area contributed by atoms with Crippen molar-refractivity contribution in [1.82, 2.24) is 0 Å². The molecular weight excluding hydrogens is 224 g/mol. The Morgan fingerprint density at radius 2 is 1.92 bits per heavy atom. The molecule has 0 bridgehead atoms. The van der Waals surface area contributed by atoms with Gasteiger partial charge in [0.15, 0.2) is 0 Å². The summed E-state index contributed by atoms with van der Waals surface area (Å²) in [6.45, 7) is 2.85. The highest BCUT2D eigenvalue weighted by Crippen LogP contribution is 2.46. The summed E-state index contributed by atoms with van der Waals surface area (Å²) in [5, 5.41) is 0. The Kier molecular flexibility index (Phi) is 2.56. The van der Waals surface area contributed by atoms with Gasteiger partial charge in [0.1, 0.15) is 16.2 Å². The lowest BCUT2D eigenvalue weighted by atomic mass is 10.2. The Balaban J connectivity index is 2.60. The molecule has 1 rings (SSSR count). The number of rotatable bonds is 3. The van der Waals surface area contributed by atoms with Gasteiger partial charge in [-0.3, -0.25) is 9.59 Å². The van der Waals surface area contributed by atoms with Crippen LogP contribution in [-0.2, 0) is 14.3 Å². The Morgan fingerprint density at radius 1 is 1.42 bits per heavy atom. The fourth-order valence-corrected chi connectivity index (χ4v) is 1.74. The quantitative estimate of drug-likeness (QED) is 0.549. The first-order valence-electron chi connectivity index (χ1n) is 3.82. The molecule has 12 heavy (non-hydrogen) atoms. The number of hydrogen-bond donors (Lipinski definition) is 0. The molecule has 0 aliphatic heterocycles. The van der Waals surface area contributed by atoms with Crippen LogP contribution in [0.5, 0.6) is 0 Å². The maximum Gasteiger partial charge on any atom is 0.303 e. The number of Topliss-reactive ketones (excluding diaryl/α,β-unsaturated/α-hetero) is 1. The lowest BCUT2D eigenvalue weighted by Gasteiger charge is -2.18. The molecule has 3 nitrogen and oxygen atoms in total. The summed E-state index contributed by atoms with van der Waals surface area (Å²) in [6, 6.07) is 0. The minimum atomic E-state index is -0.530. The summed E-state index contributed by atoms with van der Waals surface area (Å²) in [5.74, 6) is -0.313. The molecule has 1 saturated carbocycles. The summed E-state index contributed by atoms with van der Waals surface area (Å²) < 4.78 is 5.07. The van der Waals surface area contributed by atoms with Crippen LogP contribution in [0.15, 0.2) is 0 Å². The van der Waals surface area contributed by atoms with Crippen LogP contribution in [0.3, 0.4) is 0 Å². The molecule has 4 heteroatoms. The fourth-order valence-electron chi connectivity index (χ4n) is 1.19. The van der Waals surface area contributed by atoms with E-state index in [9.17, 15) is 9.59 Å². The highest BCUT2D eigenvalue weighted by atomic mass is 79.9. The number of halogens is 1. The van der Waals surface area contributed by atoms with Crippen LogP contribution in [-0.4, -0.2) is 22.2 Å². The number of carbonyl (C=O) groups excluding carboxylic acids is 2. The van der Waals surface area contributed by atoms with E-state index in [4.69, 9.17) is 4.74 Å². The van der Waals surface area contributed by atoms with Crippen molar-refractivity contribution in [2.45, 2.75) is 37.1 Å². The van der Waals surface area contributed by atoms with Crippen molar-refractivity contribution in [1.29, 1.82) is 0 Å². The average molecular weight is 235 g/mol. The van der Waals surface area contributed by atoms with E-state index in [-0.39, 0.29) is 16.6 Å². The molecule has 1 unspecified atom stereocenters. The van der Waals surface area contributed by atoms with E-state index in [2.05, 4.69) is 15.9 Å². The first kappa shape index (κ1) is 9.71. The van der Waals surface area contributed by atoms with Gasteiger partial charge >= 0.3 is 5.97 Å². The van der Waals surface area contributed by atoms with E-state index in [1.165, 1.54) is 13.8 Å². The second-order valence-corrected chi connectivity index (χ2v) is 4.05. The number of carbonyl (C=O) groups is 2. The lowest BCUT2D eigenvalue weighted by molar-refractivity contribution is -0.149. The molecule has 0 N–H and O–H groups in total. The topological polar surface area (TPSA) is 43.4 Å². The molecule has 0 radical (unpaired) electrons. The van der Waals surface area contributed by atoms with E-state index in [1.807, 2.05) is 0 Å². The van der Waals surface area contributed by atoms with Crippen LogP contribution in [0, 0.1) is 0 Å². The molecule has 0 saturated heterocycles. The predicted octanol–water partition coefficient (Wildman–Crippen LogP) is 1.43. The molecule has 0 spiro atoms. The van der Waals surface area contributed by atoms with E-state index >= 15 is 0 Å². The number of alkyl halides is 1. The molecule has 1 aliphatic rings. The minimum Gasteiger partial charge on any atom is -0.458 e. The number of hydrogen-bond acceptors (Lipinski definition) is 3. The van der Waals surface area contributed by atoms with Gasteiger partial charge in [0.2, 0.25) is 0 Å². The highest BCUT2D eigenvalue weighted by Gasteiger charge is 2.53. The van der Waals surface area contributed by atoms with Crippen molar-refractivity contribution < 1.29 is 14.3 Å². The normalized spacial score (nSPS) is 21.2. The van der Waals surface area contributed by atoms with Gasteiger partial charge < -0.3 is 4.74 Å². The van der Waals surface area contributed by atoms with Crippen molar-refractivity contribution in [3.05, 3.63) is 0 Å². The lowest BCUT2D eigenvalue weighted by Crippen LogP contribution is -2.33. The van der Waals surface area contributed by atoms with Gasteiger partial charge in [-0.2, -0.15) is 0 Å². The molecular formula is C8H11BrO3. The summed E-state index contributed by atoms with van der Waals surface area (Å²) in [4.78, 5) is 21.3. The molecule has 0 heterocycles. The molecule has 1 atom stereocenters.